The van der Waals surface area contributed by atoms with Crippen molar-refractivity contribution in [2.45, 2.75) is 6.54 Å². The number of amides is 2. The fraction of sp³-hybridized carbons (Fsp3) is 0.0625. The molecule has 5 nitrogen and oxygen atoms in total. The Morgan fingerprint density at radius 1 is 1.00 bits per heavy atom. The van der Waals surface area contributed by atoms with Gasteiger partial charge in [0.1, 0.15) is 0 Å². The first-order valence-electron chi connectivity index (χ1n) is 6.35. The van der Waals surface area contributed by atoms with E-state index in [1.165, 1.54) is 24.3 Å². The van der Waals surface area contributed by atoms with Crippen LogP contribution in [0.5, 0.6) is 0 Å². The van der Waals surface area contributed by atoms with Crippen molar-refractivity contribution in [2.75, 3.05) is 0 Å². The quantitative estimate of drug-likeness (QED) is 0.856. The predicted octanol–water partition coefficient (Wildman–Crippen LogP) is 2.18. The highest BCUT2D eigenvalue weighted by Crippen LogP contribution is 2.24. The molecule has 0 aromatic heterocycles. The smallest absolute Gasteiger partial charge is 0.335 e. The number of hydrogen-bond acceptors (Lipinski definition) is 3. The second-order valence-electron chi connectivity index (χ2n) is 4.74. The lowest BCUT2D eigenvalue weighted by Crippen LogP contribution is -2.31. The minimum atomic E-state index is -1.11. The molecule has 0 radical (unpaired) electrons. The van der Waals surface area contributed by atoms with E-state index in [0.29, 0.717) is 5.56 Å². The number of rotatable bonds is 2. The van der Waals surface area contributed by atoms with Crippen LogP contribution in [0.4, 0.5) is 0 Å². The van der Waals surface area contributed by atoms with Crippen molar-refractivity contribution in [2.24, 2.45) is 0 Å². The summed E-state index contributed by atoms with van der Waals surface area (Å²) in [6, 6.07) is 12.7. The van der Waals surface area contributed by atoms with Crippen molar-refractivity contribution in [3.05, 3.63) is 70.8 Å². The summed E-state index contributed by atoms with van der Waals surface area (Å²) in [4.78, 5) is 36.7. The monoisotopic (exact) mass is 281 g/mol. The van der Waals surface area contributed by atoms with Crippen LogP contribution in [-0.2, 0) is 6.54 Å². The Kier molecular flexibility index (Phi) is 3.02. The van der Waals surface area contributed by atoms with Crippen molar-refractivity contribution in [3.63, 3.8) is 0 Å². The van der Waals surface area contributed by atoms with Crippen molar-refractivity contribution in [1.82, 2.24) is 4.90 Å². The summed E-state index contributed by atoms with van der Waals surface area (Å²) < 4.78 is 0. The van der Waals surface area contributed by atoms with Gasteiger partial charge in [-0.05, 0) is 29.8 Å². The van der Waals surface area contributed by atoms with E-state index in [1.807, 2.05) is 6.07 Å². The maximum atomic E-state index is 12.4. The number of imide groups is 1. The summed E-state index contributed by atoms with van der Waals surface area (Å²) in [7, 11) is 0. The van der Waals surface area contributed by atoms with Gasteiger partial charge in [0, 0.05) is 11.1 Å². The summed E-state index contributed by atoms with van der Waals surface area (Å²) in [6.45, 7) is 0.213. The van der Waals surface area contributed by atoms with Crippen LogP contribution in [0.3, 0.4) is 0 Å². The maximum absolute atomic E-state index is 12.4. The highest BCUT2D eigenvalue weighted by molar-refractivity contribution is 6.13. The Bertz CT molecular complexity index is 766. The number of hydrogen-bond donors (Lipinski definition) is 1. The molecular formula is C16H11NO4. The van der Waals surface area contributed by atoms with Crippen LogP contribution >= 0.6 is 0 Å². The van der Waals surface area contributed by atoms with Gasteiger partial charge in [-0.1, -0.05) is 24.3 Å². The molecule has 1 aliphatic heterocycles. The van der Waals surface area contributed by atoms with Gasteiger partial charge in [0.25, 0.3) is 11.8 Å². The molecule has 0 atom stereocenters. The van der Waals surface area contributed by atoms with Gasteiger partial charge in [0.2, 0.25) is 0 Å². The minimum absolute atomic E-state index is 0.0185. The second kappa shape index (κ2) is 4.86. The molecule has 21 heavy (non-hydrogen) atoms. The molecule has 3 rings (SSSR count). The molecule has 0 bridgehead atoms. The zero-order chi connectivity index (χ0) is 15.0. The summed E-state index contributed by atoms with van der Waals surface area (Å²) >= 11 is 0. The van der Waals surface area contributed by atoms with Crippen molar-refractivity contribution in [3.8, 4) is 0 Å². The number of fused-ring (bicyclic) bond motifs is 1. The van der Waals surface area contributed by atoms with E-state index in [2.05, 4.69) is 0 Å². The molecule has 1 N–H and O–H groups in total. The molecule has 1 aliphatic rings. The van der Waals surface area contributed by atoms with Crippen molar-refractivity contribution < 1.29 is 19.5 Å². The normalized spacial score (nSPS) is 13.1. The third-order valence-corrected chi connectivity index (χ3v) is 3.42. The number of benzene rings is 2. The third kappa shape index (κ3) is 2.18. The summed E-state index contributed by atoms with van der Waals surface area (Å²) in [5.41, 5.74) is 1.52. The van der Waals surface area contributed by atoms with E-state index in [-0.39, 0.29) is 23.6 Å². The van der Waals surface area contributed by atoms with E-state index < -0.39 is 11.9 Å². The SMILES string of the molecule is O=C(O)c1cccc(C(=O)N2Cc3ccccc3C2=O)c1. The lowest BCUT2D eigenvalue weighted by Gasteiger charge is -2.13. The van der Waals surface area contributed by atoms with Crippen molar-refractivity contribution >= 4 is 17.8 Å². The summed E-state index contributed by atoms with van der Waals surface area (Å²) in [6.07, 6.45) is 0. The highest BCUT2D eigenvalue weighted by Gasteiger charge is 2.32. The zero-order valence-corrected chi connectivity index (χ0v) is 10.9. The predicted molar refractivity (Wildman–Crippen MR) is 74.0 cm³/mol. The van der Waals surface area contributed by atoms with E-state index in [4.69, 9.17) is 5.11 Å². The Hall–Kier alpha value is -2.95. The molecule has 2 amide bonds. The summed E-state index contributed by atoms with van der Waals surface area (Å²) in [5, 5.41) is 8.96. The van der Waals surface area contributed by atoms with Gasteiger partial charge in [0.15, 0.2) is 0 Å². The van der Waals surface area contributed by atoms with Crippen LogP contribution in [0, 0.1) is 0 Å². The molecule has 5 heteroatoms. The number of nitrogens with zero attached hydrogens (tertiary/aromatic N) is 1. The maximum Gasteiger partial charge on any atom is 0.335 e. The van der Waals surface area contributed by atoms with Crippen molar-refractivity contribution in [1.29, 1.82) is 0 Å². The minimum Gasteiger partial charge on any atom is -0.478 e. The number of carbonyl (C=O) groups excluding carboxylic acids is 2. The Morgan fingerprint density at radius 3 is 2.43 bits per heavy atom. The number of carbonyl (C=O) groups is 3. The molecule has 2 aromatic carbocycles. The van der Waals surface area contributed by atoms with Gasteiger partial charge in [-0.15, -0.1) is 0 Å². The Morgan fingerprint density at radius 2 is 1.71 bits per heavy atom. The van der Waals surface area contributed by atoms with E-state index in [9.17, 15) is 14.4 Å². The molecule has 104 valence electrons. The largest absolute Gasteiger partial charge is 0.478 e. The first-order chi connectivity index (χ1) is 10.1. The first kappa shape index (κ1) is 13.1. The lowest BCUT2D eigenvalue weighted by atomic mass is 10.1. The van der Waals surface area contributed by atoms with E-state index in [1.54, 1.807) is 18.2 Å². The Labute approximate surface area is 120 Å². The number of carboxylic acids is 1. The van der Waals surface area contributed by atoms with Crippen LogP contribution in [0.1, 0.15) is 36.6 Å². The van der Waals surface area contributed by atoms with Crippen LogP contribution in [0.2, 0.25) is 0 Å². The molecule has 1 heterocycles. The van der Waals surface area contributed by atoms with Gasteiger partial charge in [-0.25, -0.2) is 4.79 Å². The highest BCUT2D eigenvalue weighted by atomic mass is 16.4. The number of carboxylic acid groups (broad SMARTS) is 1. The fourth-order valence-electron chi connectivity index (χ4n) is 2.36. The molecule has 0 aliphatic carbocycles. The molecule has 0 spiro atoms. The van der Waals surface area contributed by atoms with Gasteiger partial charge >= 0.3 is 5.97 Å². The van der Waals surface area contributed by atoms with Gasteiger partial charge in [0.05, 0.1) is 12.1 Å². The average molecular weight is 281 g/mol. The first-order valence-corrected chi connectivity index (χ1v) is 6.35. The van der Waals surface area contributed by atoms with Crippen LogP contribution in [-0.4, -0.2) is 27.8 Å². The molecule has 0 fully saturated rings. The van der Waals surface area contributed by atoms with Gasteiger partial charge in [-0.3, -0.25) is 14.5 Å². The Balaban J connectivity index is 1.93. The molecule has 0 unspecified atom stereocenters. The molecular weight excluding hydrogens is 270 g/mol. The van der Waals surface area contributed by atoms with E-state index in [0.717, 1.165) is 10.5 Å². The van der Waals surface area contributed by atoms with Crippen LogP contribution in [0.25, 0.3) is 0 Å². The molecule has 2 aromatic rings. The fourth-order valence-corrected chi connectivity index (χ4v) is 2.36. The number of aromatic carboxylic acids is 1. The van der Waals surface area contributed by atoms with Gasteiger partial charge in [-0.2, -0.15) is 0 Å². The second-order valence-corrected chi connectivity index (χ2v) is 4.74. The molecule has 0 saturated carbocycles. The van der Waals surface area contributed by atoms with Crippen LogP contribution < -0.4 is 0 Å². The van der Waals surface area contributed by atoms with Crippen LogP contribution in [0.15, 0.2) is 48.5 Å². The average Bonchev–Trinajstić information content (AvgIpc) is 2.84. The third-order valence-electron chi connectivity index (χ3n) is 3.42. The van der Waals surface area contributed by atoms with Gasteiger partial charge < -0.3 is 5.11 Å². The molecule has 0 saturated heterocycles. The standard InChI is InChI=1S/C16H11NO4/c18-14(10-5-3-6-11(8-10)16(20)21)17-9-12-4-1-2-7-13(12)15(17)19/h1-8H,9H2,(H,20,21). The zero-order valence-electron chi connectivity index (χ0n) is 10.9. The lowest BCUT2D eigenvalue weighted by molar-refractivity contribution is 0.0630. The van der Waals surface area contributed by atoms with E-state index >= 15 is 0 Å². The topological polar surface area (TPSA) is 74.7 Å². The summed E-state index contributed by atoms with van der Waals surface area (Å²) in [5.74, 6) is -1.95.